The zero-order chi connectivity index (χ0) is 26.9. The first-order chi connectivity index (χ1) is 17.0. The van der Waals surface area contributed by atoms with Crippen molar-refractivity contribution >= 4 is 27.5 Å². The van der Waals surface area contributed by atoms with E-state index in [0.29, 0.717) is 17.0 Å². The number of sulfonamides is 1. The summed E-state index contributed by atoms with van der Waals surface area (Å²) in [5, 5.41) is 2.87. The van der Waals surface area contributed by atoms with Crippen molar-refractivity contribution in [2.24, 2.45) is 0 Å². The lowest BCUT2D eigenvalue weighted by molar-refractivity contribution is -0.141. The van der Waals surface area contributed by atoms with Gasteiger partial charge in [-0.2, -0.15) is 0 Å². The van der Waals surface area contributed by atoms with E-state index in [9.17, 15) is 22.4 Å². The number of amides is 2. The molecule has 2 amide bonds. The van der Waals surface area contributed by atoms with Crippen molar-refractivity contribution in [1.29, 1.82) is 0 Å². The fourth-order valence-corrected chi connectivity index (χ4v) is 4.59. The quantitative estimate of drug-likeness (QED) is 0.434. The number of benzene rings is 2. The van der Waals surface area contributed by atoms with Crippen molar-refractivity contribution in [3.63, 3.8) is 0 Å². The molecule has 2 unspecified atom stereocenters. The molecule has 0 aromatic heterocycles. The van der Waals surface area contributed by atoms with Crippen molar-refractivity contribution in [1.82, 2.24) is 10.2 Å². The van der Waals surface area contributed by atoms with Crippen LogP contribution in [0.3, 0.4) is 0 Å². The van der Waals surface area contributed by atoms with Crippen molar-refractivity contribution in [3.05, 3.63) is 59.9 Å². The molecule has 0 saturated heterocycles. The van der Waals surface area contributed by atoms with E-state index in [1.807, 2.05) is 13.8 Å². The van der Waals surface area contributed by atoms with Gasteiger partial charge in [-0.25, -0.2) is 12.8 Å². The van der Waals surface area contributed by atoms with Crippen molar-refractivity contribution in [2.45, 2.75) is 58.7 Å². The standard InChI is InChI=1S/C26H36FN3O5S/c1-6-19(2)28-26(32)20(3)29(18-21-11-7-8-14-24(21)27)25(31)15-10-16-30(36(5,33)34)22-12-9-13-23(17-22)35-4/h7-9,11-14,17,19-20H,6,10,15-16,18H2,1-5H3,(H,28,32). The molecule has 0 aliphatic rings. The van der Waals surface area contributed by atoms with Crippen LogP contribution in [0.15, 0.2) is 48.5 Å². The SMILES string of the molecule is CCC(C)NC(=O)C(C)N(Cc1ccccc1F)C(=O)CCCN(c1cccc(OC)c1)S(C)(=O)=O. The van der Waals surface area contributed by atoms with E-state index in [1.165, 1.54) is 22.4 Å². The maximum Gasteiger partial charge on any atom is 0.242 e. The highest BCUT2D eigenvalue weighted by Gasteiger charge is 2.28. The summed E-state index contributed by atoms with van der Waals surface area (Å²) in [6.07, 6.45) is 2.01. The minimum absolute atomic E-state index is 0.0224. The monoisotopic (exact) mass is 521 g/mol. The van der Waals surface area contributed by atoms with Gasteiger partial charge in [0.1, 0.15) is 17.6 Å². The first kappa shape index (κ1) is 29.1. The Morgan fingerprint density at radius 2 is 1.81 bits per heavy atom. The van der Waals surface area contributed by atoms with Crippen LogP contribution in [0, 0.1) is 5.82 Å². The molecule has 0 spiro atoms. The number of nitrogens with zero attached hydrogens (tertiary/aromatic N) is 2. The molecule has 0 saturated carbocycles. The number of halogens is 1. The first-order valence-electron chi connectivity index (χ1n) is 11.9. The zero-order valence-electron chi connectivity index (χ0n) is 21.5. The number of hydrogen-bond acceptors (Lipinski definition) is 5. The van der Waals surface area contributed by atoms with Crippen LogP contribution >= 0.6 is 0 Å². The number of anilines is 1. The second-order valence-electron chi connectivity index (χ2n) is 8.75. The minimum Gasteiger partial charge on any atom is -0.497 e. The second kappa shape index (κ2) is 13.2. The molecule has 0 heterocycles. The van der Waals surface area contributed by atoms with E-state index in [1.54, 1.807) is 49.4 Å². The van der Waals surface area contributed by atoms with E-state index in [0.717, 1.165) is 12.7 Å². The van der Waals surface area contributed by atoms with E-state index in [-0.39, 0.29) is 43.8 Å². The molecular weight excluding hydrogens is 485 g/mol. The number of methoxy groups -OCH3 is 1. The summed E-state index contributed by atoms with van der Waals surface area (Å²) in [7, 11) is -2.13. The van der Waals surface area contributed by atoms with Crippen LogP contribution < -0.4 is 14.4 Å². The maximum atomic E-state index is 14.4. The molecule has 10 heteroatoms. The number of carbonyl (C=O) groups is 2. The smallest absolute Gasteiger partial charge is 0.242 e. The number of hydrogen-bond donors (Lipinski definition) is 1. The molecule has 0 aliphatic heterocycles. The molecule has 1 N–H and O–H groups in total. The number of carbonyl (C=O) groups excluding carboxylic acids is 2. The largest absolute Gasteiger partial charge is 0.497 e. The summed E-state index contributed by atoms with van der Waals surface area (Å²) in [5.41, 5.74) is 0.719. The highest BCUT2D eigenvalue weighted by Crippen LogP contribution is 2.24. The predicted molar refractivity (Wildman–Crippen MR) is 139 cm³/mol. The third-order valence-corrected chi connectivity index (χ3v) is 7.15. The third kappa shape index (κ3) is 8.22. The highest BCUT2D eigenvalue weighted by atomic mass is 32.2. The Morgan fingerprint density at radius 3 is 2.42 bits per heavy atom. The topological polar surface area (TPSA) is 96.0 Å². The van der Waals surface area contributed by atoms with Gasteiger partial charge in [-0.05, 0) is 44.9 Å². The Kier molecular flexibility index (Phi) is 10.7. The van der Waals surface area contributed by atoms with E-state index in [2.05, 4.69) is 5.32 Å². The van der Waals surface area contributed by atoms with E-state index in [4.69, 9.17) is 4.74 Å². The fourth-order valence-electron chi connectivity index (χ4n) is 3.63. The Bertz CT molecular complexity index is 1140. The molecule has 2 rings (SSSR count). The average molecular weight is 522 g/mol. The van der Waals surface area contributed by atoms with Gasteiger partial charge in [-0.1, -0.05) is 31.2 Å². The predicted octanol–water partition coefficient (Wildman–Crippen LogP) is 3.71. The van der Waals surface area contributed by atoms with Crippen LogP contribution in [0.4, 0.5) is 10.1 Å². The Hall–Kier alpha value is -3.14. The van der Waals surface area contributed by atoms with Gasteiger partial charge < -0.3 is 15.0 Å². The van der Waals surface area contributed by atoms with Gasteiger partial charge in [0.2, 0.25) is 21.8 Å². The number of ether oxygens (including phenoxy) is 1. The number of nitrogens with one attached hydrogen (secondary N) is 1. The van der Waals surface area contributed by atoms with Crippen molar-refractivity contribution in [3.8, 4) is 5.75 Å². The third-order valence-electron chi connectivity index (χ3n) is 5.96. The number of rotatable bonds is 13. The van der Waals surface area contributed by atoms with Gasteiger partial charge in [0.05, 0.1) is 19.1 Å². The molecule has 0 fully saturated rings. The van der Waals surface area contributed by atoms with Crippen LogP contribution in [0.5, 0.6) is 5.75 Å². The Labute approximate surface area is 213 Å². The van der Waals surface area contributed by atoms with Gasteiger partial charge >= 0.3 is 0 Å². The lowest BCUT2D eigenvalue weighted by atomic mass is 10.1. The molecule has 0 aliphatic carbocycles. The molecule has 0 radical (unpaired) electrons. The van der Waals surface area contributed by atoms with Gasteiger partial charge in [-0.3, -0.25) is 13.9 Å². The van der Waals surface area contributed by atoms with Crippen LogP contribution in [0.25, 0.3) is 0 Å². The van der Waals surface area contributed by atoms with Crippen LogP contribution in [0.1, 0.15) is 45.6 Å². The molecule has 2 atom stereocenters. The zero-order valence-corrected chi connectivity index (χ0v) is 22.3. The molecule has 2 aromatic carbocycles. The van der Waals surface area contributed by atoms with Crippen molar-refractivity contribution < 1.29 is 27.1 Å². The normalized spacial score (nSPS) is 12.9. The summed E-state index contributed by atoms with van der Waals surface area (Å²) in [6.45, 7) is 5.39. The Balaban J connectivity index is 2.19. The van der Waals surface area contributed by atoms with Crippen LogP contribution in [-0.2, 0) is 26.2 Å². The van der Waals surface area contributed by atoms with Crippen molar-refractivity contribution in [2.75, 3.05) is 24.2 Å². The summed E-state index contributed by atoms with van der Waals surface area (Å²) in [4.78, 5) is 27.4. The minimum atomic E-state index is -3.62. The maximum absolute atomic E-state index is 14.4. The highest BCUT2D eigenvalue weighted by molar-refractivity contribution is 7.92. The first-order valence-corrected chi connectivity index (χ1v) is 13.8. The lowest BCUT2D eigenvalue weighted by Gasteiger charge is -2.30. The molecule has 36 heavy (non-hydrogen) atoms. The molecule has 2 aromatic rings. The van der Waals surface area contributed by atoms with Gasteiger partial charge in [0.25, 0.3) is 0 Å². The van der Waals surface area contributed by atoms with Crippen LogP contribution in [-0.4, -0.2) is 57.1 Å². The second-order valence-corrected chi connectivity index (χ2v) is 10.7. The molecule has 8 nitrogen and oxygen atoms in total. The average Bonchev–Trinajstić information content (AvgIpc) is 2.84. The molecule has 198 valence electrons. The summed E-state index contributed by atoms with van der Waals surface area (Å²) < 4.78 is 45.6. The lowest BCUT2D eigenvalue weighted by Crippen LogP contribution is -2.49. The van der Waals surface area contributed by atoms with E-state index >= 15 is 0 Å². The van der Waals surface area contributed by atoms with Gasteiger partial charge in [0.15, 0.2) is 0 Å². The fraction of sp³-hybridized carbons (Fsp3) is 0.462. The summed E-state index contributed by atoms with van der Waals surface area (Å²) >= 11 is 0. The van der Waals surface area contributed by atoms with Gasteiger partial charge in [0, 0.05) is 37.2 Å². The van der Waals surface area contributed by atoms with Crippen LogP contribution in [0.2, 0.25) is 0 Å². The molecule has 0 bridgehead atoms. The Morgan fingerprint density at radius 1 is 1.11 bits per heavy atom. The van der Waals surface area contributed by atoms with E-state index < -0.39 is 21.9 Å². The van der Waals surface area contributed by atoms with Gasteiger partial charge in [-0.15, -0.1) is 0 Å². The summed E-state index contributed by atoms with van der Waals surface area (Å²) in [5.74, 6) is -0.659. The summed E-state index contributed by atoms with van der Waals surface area (Å²) in [6, 6.07) is 11.8. The molecular formula is C26H36FN3O5S.